The Labute approximate surface area is 154 Å². The van der Waals surface area contributed by atoms with Crippen molar-refractivity contribution in [2.45, 2.75) is 6.54 Å². The Bertz CT molecular complexity index is 1020. The lowest BCUT2D eigenvalue weighted by Crippen LogP contribution is -2.43. The highest BCUT2D eigenvalue weighted by Crippen LogP contribution is 2.17. The Morgan fingerprint density at radius 3 is 2.67 bits per heavy atom. The summed E-state index contributed by atoms with van der Waals surface area (Å²) in [6, 6.07) is 7.29. The monoisotopic (exact) mass is 369 g/mol. The summed E-state index contributed by atoms with van der Waals surface area (Å²) in [5.41, 5.74) is 0.918. The van der Waals surface area contributed by atoms with Crippen LogP contribution in [-0.4, -0.2) is 63.6 Å². The number of carbonyl (C=O) groups excluding carboxylic acids is 1. The van der Waals surface area contributed by atoms with E-state index in [1.54, 1.807) is 16.7 Å². The molecule has 1 aliphatic rings. The van der Waals surface area contributed by atoms with Gasteiger partial charge in [-0.15, -0.1) is 0 Å². The highest BCUT2D eigenvalue weighted by molar-refractivity contribution is 5.78. The van der Waals surface area contributed by atoms with Crippen LogP contribution in [0.3, 0.4) is 0 Å². The zero-order chi connectivity index (χ0) is 18.8. The number of fused-ring (bicyclic) bond motifs is 1. The summed E-state index contributed by atoms with van der Waals surface area (Å²) >= 11 is 0. The van der Waals surface area contributed by atoms with Gasteiger partial charge in [-0.3, -0.25) is 14.2 Å². The Balaban J connectivity index is 1.63. The minimum Gasteiger partial charge on any atom is -0.497 e. The largest absolute Gasteiger partial charge is 0.497 e. The first-order valence-corrected chi connectivity index (χ1v) is 8.60. The molecule has 0 unspecified atom stereocenters. The van der Waals surface area contributed by atoms with Crippen molar-refractivity contribution in [3.05, 3.63) is 47.1 Å². The molecule has 2 aromatic heterocycles. The van der Waals surface area contributed by atoms with Crippen LogP contribution in [0.25, 0.3) is 16.7 Å². The number of rotatable bonds is 4. The molecule has 0 bridgehead atoms. The van der Waals surface area contributed by atoms with Crippen LogP contribution in [0.5, 0.6) is 5.75 Å². The molecule has 140 valence electrons. The predicted molar refractivity (Wildman–Crippen MR) is 97.1 cm³/mol. The predicted octanol–water partition coefficient (Wildman–Crippen LogP) is 0.450. The second kappa shape index (κ2) is 7.20. The zero-order valence-corrected chi connectivity index (χ0v) is 14.9. The zero-order valence-electron chi connectivity index (χ0n) is 14.9. The summed E-state index contributed by atoms with van der Waals surface area (Å²) in [5.74, 6) is 0.608. The fraction of sp³-hybridized carbons (Fsp3) is 0.333. The van der Waals surface area contributed by atoms with Gasteiger partial charge in [-0.1, -0.05) is 0 Å². The number of nitrogens with zero attached hydrogens (tertiary/aromatic N) is 5. The topological polar surface area (TPSA) is 91.5 Å². The molecule has 0 radical (unpaired) electrons. The number of morpholine rings is 1. The van der Waals surface area contributed by atoms with E-state index in [-0.39, 0.29) is 18.0 Å². The molecule has 3 aromatic rings. The minimum atomic E-state index is -0.290. The fourth-order valence-electron chi connectivity index (χ4n) is 3.03. The third-order valence-electron chi connectivity index (χ3n) is 4.54. The van der Waals surface area contributed by atoms with E-state index in [1.807, 2.05) is 24.3 Å². The van der Waals surface area contributed by atoms with Gasteiger partial charge >= 0.3 is 0 Å². The fourth-order valence-corrected chi connectivity index (χ4v) is 3.03. The third kappa shape index (κ3) is 3.28. The third-order valence-corrected chi connectivity index (χ3v) is 4.54. The van der Waals surface area contributed by atoms with Crippen LogP contribution in [0, 0.1) is 0 Å². The number of methoxy groups -OCH3 is 1. The number of benzene rings is 1. The Hall–Kier alpha value is -3.20. The van der Waals surface area contributed by atoms with Crippen molar-refractivity contribution in [2.24, 2.45) is 0 Å². The molecule has 1 aromatic carbocycles. The Kier molecular flexibility index (Phi) is 4.59. The Morgan fingerprint density at radius 1 is 1.22 bits per heavy atom. The normalized spacial score (nSPS) is 14.5. The summed E-state index contributed by atoms with van der Waals surface area (Å²) in [7, 11) is 1.60. The van der Waals surface area contributed by atoms with Crippen molar-refractivity contribution < 1.29 is 14.3 Å². The molecule has 9 heteroatoms. The number of hydrogen-bond acceptors (Lipinski definition) is 6. The van der Waals surface area contributed by atoms with E-state index < -0.39 is 0 Å². The quantitative estimate of drug-likeness (QED) is 0.663. The molecular weight excluding hydrogens is 350 g/mol. The van der Waals surface area contributed by atoms with Gasteiger partial charge in [0.2, 0.25) is 5.91 Å². The molecular formula is C18H19N5O4. The Morgan fingerprint density at radius 2 is 1.96 bits per heavy atom. The van der Waals surface area contributed by atoms with Gasteiger partial charge < -0.3 is 14.4 Å². The summed E-state index contributed by atoms with van der Waals surface area (Å²) in [5, 5.41) is 4.64. The molecule has 1 amide bonds. The van der Waals surface area contributed by atoms with Gasteiger partial charge in [0.15, 0.2) is 5.65 Å². The molecule has 9 nitrogen and oxygen atoms in total. The first kappa shape index (κ1) is 17.2. The maximum Gasteiger partial charge on any atom is 0.264 e. The molecule has 3 heterocycles. The van der Waals surface area contributed by atoms with E-state index in [2.05, 4.69) is 10.1 Å². The van der Waals surface area contributed by atoms with Crippen LogP contribution >= 0.6 is 0 Å². The van der Waals surface area contributed by atoms with E-state index >= 15 is 0 Å². The summed E-state index contributed by atoms with van der Waals surface area (Å²) in [4.78, 5) is 31.2. The summed E-state index contributed by atoms with van der Waals surface area (Å²) < 4.78 is 13.3. The highest BCUT2D eigenvalue weighted by atomic mass is 16.5. The highest BCUT2D eigenvalue weighted by Gasteiger charge is 2.19. The summed E-state index contributed by atoms with van der Waals surface area (Å²) in [6.07, 6.45) is 2.87. The maximum atomic E-state index is 12.7. The van der Waals surface area contributed by atoms with Crippen molar-refractivity contribution in [1.82, 2.24) is 24.2 Å². The van der Waals surface area contributed by atoms with Gasteiger partial charge in [-0.2, -0.15) is 5.10 Å². The van der Waals surface area contributed by atoms with Crippen LogP contribution in [0.15, 0.2) is 41.6 Å². The smallest absolute Gasteiger partial charge is 0.264 e. The number of ether oxygens (including phenoxy) is 2. The van der Waals surface area contributed by atoms with Crippen molar-refractivity contribution in [1.29, 1.82) is 0 Å². The second-order valence-corrected chi connectivity index (χ2v) is 6.16. The molecule has 0 spiro atoms. The van der Waals surface area contributed by atoms with Crippen molar-refractivity contribution >= 4 is 16.9 Å². The van der Waals surface area contributed by atoms with Crippen molar-refractivity contribution in [3.8, 4) is 11.4 Å². The van der Waals surface area contributed by atoms with Crippen molar-refractivity contribution in [3.63, 3.8) is 0 Å². The molecule has 0 saturated carbocycles. The standard InChI is InChI=1S/C18H19N5O4/c1-26-14-4-2-13(3-5-14)23-17-15(10-20-23)18(25)22(12-19-17)11-16(24)21-6-8-27-9-7-21/h2-5,10,12H,6-9,11H2,1H3. The van der Waals surface area contributed by atoms with Gasteiger partial charge in [0.1, 0.15) is 24.0 Å². The van der Waals surface area contributed by atoms with Gasteiger partial charge in [0.25, 0.3) is 5.56 Å². The second-order valence-electron chi connectivity index (χ2n) is 6.16. The molecule has 1 aliphatic heterocycles. The van der Waals surface area contributed by atoms with Crippen molar-refractivity contribution in [2.75, 3.05) is 33.4 Å². The molecule has 1 fully saturated rings. The van der Waals surface area contributed by atoms with Crippen LogP contribution < -0.4 is 10.3 Å². The summed E-state index contributed by atoms with van der Waals surface area (Å²) in [6.45, 7) is 2.08. The first-order valence-electron chi connectivity index (χ1n) is 8.60. The molecule has 4 rings (SSSR count). The number of carbonyl (C=O) groups is 1. The lowest BCUT2D eigenvalue weighted by atomic mass is 10.3. The maximum absolute atomic E-state index is 12.7. The average Bonchev–Trinajstić information content (AvgIpc) is 3.15. The van der Waals surface area contributed by atoms with E-state index in [0.29, 0.717) is 37.3 Å². The van der Waals surface area contributed by atoms with E-state index in [9.17, 15) is 9.59 Å². The molecule has 0 atom stereocenters. The minimum absolute atomic E-state index is 0.0461. The van der Waals surface area contributed by atoms with Crippen LogP contribution in [0.4, 0.5) is 0 Å². The lowest BCUT2D eigenvalue weighted by molar-refractivity contribution is -0.135. The van der Waals surface area contributed by atoms with E-state index in [4.69, 9.17) is 9.47 Å². The lowest BCUT2D eigenvalue weighted by Gasteiger charge is -2.26. The molecule has 27 heavy (non-hydrogen) atoms. The number of aromatic nitrogens is 4. The first-order chi connectivity index (χ1) is 13.2. The van der Waals surface area contributed by atoms with Crippen LogP contribution in [0.1, 0.15) is 0 Å². The van der Waals surface area contributed by atoms with E-state index in [1.165, 1.54) is 17.1 Å². The molecule has 1 saturated heterocycles. The van der Waals surface area contributed by atoms with Crippen LogP contribution in [-0.2, 0) is 16.1 Å². The van der Waals surface area contributed by atoms with Gasteiger partial charge in [0, 0.05) is 13.1 Å². The molecule has 0 aliphatic carbocycles. The van der Waals surface area contributed by atoms with Crippen LogP contribution in [0.2, 0.25) is 0 Å². The number of amides is 1. The van der Waals surface area contributed by atoms with Gasteiger partial charge in [0.05, 0.1) is 32.2 Å². The molecule has 0 N–H and O–H groups in total. The average molecular weight is 369 g/mol. The SMILES string of the molecule is COc1ccc(-n2ncc3c(=O)n(CC(=O)N4CCOCC4)cnc32)cc1. The number of hydrogen-bond donors (Lipinski definition) is 0. The van der Waals surface area contributed by atoms with Gasteiger partial charge in [-0.05, 0) is 24.3 Å². The van der Waals surface area contributed by atoms with Gasteiger partial charge in [-0.25, -0.2) is 9.67 Å². The van der Waals surface area contributed by atoms with E-state index in [0.717, 1.165) is 11.4 Å².